The van der Waals surface area contributed by atoms with Gasteiger partial charge in [0.1, 0.15) is 0 Å². The van der Waals surface area contributed by atoms with Crippen LogP contribution in [0.4, 0.5) is 0 Å². The Morgan fingerprint density at radius 1 is 1.28 bits per heavy atom. The number of nitrogens with two attached hydrogens (primary N) is 1. The Bertz CT molecular complexity index is 509. The van der Waals surface area contributed by atoms with Gasteiger partial charge in [-0.3, -0.25) is 0 Å². The van der Waals surface area contributed by atoms with Gasteiger partial charge in [-0.05, 0) is 29.9 Å². The van der Waals surface area contributed by atoms with Crippen LogP contribution in [0.1, 0.15) is 24.0 Å². The van der Waals surface area contributed by atoms with Crippen molar-refractivity contribution in [2.45, 2.75) is 25.1 Å². The van der Waals surface area contributed by atoms with Gasteiger partial charge < -0.3 is 5.73 Å². The van der Waals surface area contributed by atoms with E-state index in [2.05, 4.69) is 0 Å². The van der Waals surface area contributed by atoms with Crippen LogP contribution in [-0.4, -0.2) is 26.3 Å². The molecule has 100 valence electrons. The highest BCUT2D eigenvalue weighted by Gasteiger charge is 2.28. The van der Waals surface area contributed by atoms with E-state index in [4.69, 9.17) is 5.73 Å². The third-order valence-corrected chi connectivity index (χ3v) is 5.14. The molecule has 0 aromatic heterocycles. The average Bonchev–Trinajstić information content (AvgIpc) is 3.13. The number of hydrogen-bond acceptors (Lipinski definition) is 3. The molecule has 0 amide bonds. The fourth-order valence-electron chi connectivity index (χ4n) is 1.98. The van der Waals surface area contributed by atoms with Crippen molar-refractivity contribution in [2.75, 3.05) is 13.6 Å². The van der Waals surface area contributed by atoms with Gasteiger partial charge in [0.15, 0.2) is 0 Å². The van der Waals surface area contributed by atoms with Crippen molar-refractivity contribution >= 4 is 10.0 Å². The van der Waals surface area contributed by atoms with Crippen LogP contribution in [0, 0.1) is 5.92 Å². The van der Waals surface area contributed by atoms with Crippen molar-refractivity contribution in [3.8, 4) is 0 Å². The van der Waals surface area contributed by atoms with Crippen molar-refractivity contribution in [3.63, 3.8) is 0 Å². The highest BCUT2D eigenvalue weighted by Crippen LogP contribution is 2.30. The van der Waals surface area contributed by atoms with Crippen molar-refractivity contribution in [1.82, 2.24) is 4.31 Å². The maximum absolute atomic E-state index is 12.2. The number of nitrogens with zero attached hydrogens (tertiary/aromatic N) is 1. The van der Waals surface area contributed by atoms with Crippen LogP contribution >= 0.6 is 0 Å². The molecule has 0 unspecified atom stereocenters. The van der Waals surface area contributed by atoms with Gasteiger partial charge in [-0.1, -0.05) is 24.3 Å². The van der Waals surface area contributed by atoms with Crippen LogP contribution in [0.5, 0.6) is 0 Å². The molecule has 0 aliphatic heterocycles. The van der Waals surface area contributed by atoms with E-state index in [0.717, 1.165) is 24.0 Å². The third kappa shape index (κ3) is 3.31. The lowest BCUT2D eigenvalue weighted by Crippen LogP contribution is -2.30. The first-order valence-corrected chi connectivity index (χ1v) is 7.84. The molecule has 4 nitrogen and oxygen atoms in total. The minimum atomic E-state index is -3.22. The minimum absolute atomic E-state index is 0.0452. The molecule has 1 saturated carbocycles. The molecule has 1 aromatic carbocycles. The third-order valence-electron chi connectivity index (χ3n) is 3.36. The largest absolute Gasteiger partial charge is 0.326 e. The van der Waals surface area contributed by atoms with Gasteiger partial charge in [0.2, 0.25) is 10.0 Å². The molecule has 1 aromatic rings. The van der Waals surface area contributed by atoms with E-state index in [-0.39, 0.29) is 5.75 Å². The molecule has 5 heteroatoms. The molecule has 0 radical (unpaired) electrons. The lowest BCUT2D eigenvalue weighted by atomic mass is 10.1. The van der Waals surface area contributed by atoms with Crippen LogP contribution < -0.4 is 5.73 Å². The second-order valence-corrected chi connectivity index (χ2v) is 7.03. The Morgan fingerprint density at radius 3 is 2.44 bits per heavy atom. The minimum Gasteiger partial charge on any atom is -0.326 e. The molecule has 1 fully saturated rings. The topological polar surface area (TPSA) is 63.4 Å². The summed E-state index contributed by atoms with van der Waals surface area (Å²) >= 11 is 0. The highest BCUT2D eigenvalue weighted by atomic mass is 32.2. The van der Waals surface area contributed by atoms with Crippen molar-refractivity contribution in [3.05, 3.63) is 35.4 Å². The molecule has 0 atom stereocenters. The number of sulfonamides is 1. The van der Waals surface area contributed by atoms with Gasteiger partial charge in [-0.25, -0.2) is 12.7 Å². The summed E-state index contributed by atoms with van der Waals surface area (Å²) in [6, 6.07) is 7.45. The van der Waals surface area contributed by atoms with E-state index < -0.39 is 10.0 Å². The molecule has 0 heterocycles. The second kappa shape index (κ2) is 5.38. The summed E-state index contributed by atoms with van der Waals surface area (Å²) in [5.41, 5.74) is 7.34. The summed E-state index contributed by atoms with van der Waals surface area (Å²) in [5.74, 6) is 0.610. The molecule has 18 heavy (non-hydrogen) atoms. The average molecular weight is 268 g/mol. The van der Waals surface area contributed by atoms with Crippen LogP contribution in [0.3, 0.4) is 0 Å². The van der Waals surface area contributed by atoms with Crippen LogP contribution in [-0.2, 0) is 22.3 Å². The molecule has 0 spiro atoms. The smallest absolute Gasteiger partial charge is 0.218 e. The van der Waals surface area contributed by atoms with Crippen LogP contribution in [0.2, 0.25) is 0 Å². The zero-order chi connectivity index (χ0) is 13.2. The number of hydrogen-bond donors (Lipinski definition) is 1. The van der Waals surface area contributed by atoms with Crippen molar-refractivity contribution < 1.29 is 8.42 Å². The molecular weight excluding hydrogens is 248 g/mol. The van der Waals surface area contributed by atoms with E-state index in [9.17, 15) is 8.42 Å². The highest BCUT2D eigenvalue weighted by molar-refractivity contribution is 7.88. The SMILES string of the molecule is CN(CC1CC1)S(=O)(=O)Cc1ccccc1CN. The summed E-state index contributed by atoms with van der Waals surface area (Å²) < 4.78 is 25.9. The molecule has 0 bridgehead atoms. The Balaban J connectivity index is 2.10. The Kier molecular flexibility index (Phi) is 4.04. The van der Waals surface area contributed by atoms with E-state index in [1.165, 1.54) is 4.31 Å². The van der Waals surface area contributed by atoms with Gasteiger partial charge in [0.05, 0.1) is 5.75 Å². The fraction of sp³-hybridized carbons (Fsp3) is 0.538. The second-order valence-electron chi connectivity index (χ2n) is 4.95. The summed E-state index contributed by atoms with van der Waals surface area (Å²) in [5, 5.41) is 0. The summed E-state index contributed by atoms with van der Waals surface area (Å²) in [7, 11) is -1.56. The summed E-state index contributed by atoms with van der Waals surface area (Å²) in [4.78, 5) is 0. The normalized spacial score (nSPS) is 16.2. The van der Waals surface area contributed by atoms with Gasteiger partial charge in [0, 0.05) is 20.1 Å². The van der Waals surface area contributed by atoms with E-state index in [1.54, 1.807) is 7.05 Å². The predicted molar refractivity (Wildman–Crippen MR) is 72.3 cm³/mol. The van der Waals surface area contributed by atoms with Crippen molar-refractivity contribution in [1.29, 1.82) is 0 Å². The van der Waals surface area contributed by atoms with Crippen LogP contribution in [0.15, 0.2) is 24.3 Å². The number of benzene rings is 1. The molecule has 1 aliphatic carbocycles. The quantitative estimate of drug-likeness (QED) is 0.846. The zero-order valence-electron chi connectivity index (χ0n) is 10.7. The van der Waals surface area contributed by atoms with Gasteiger partial charge >= 0.3 is 0 Å². The standard InChI is InChI=1S/C13H20N2O2S/c1-15(9-11-6-7-11)18(16,17)10-13-5-3-2-4-12(13)8-14/h2-5,11H,6-10,14H2,1H3. The first-order chi connectivity index (χ1) is 8.53. The first kappa shape index (κ1) is 13.5. The molecule has 0 saturated heterocycles. The zero-order valence-corrected chi connectivity index (χ0v) is 11.5. The molecular formula is C13H20N2O2S. The van der Waals surface area contributed by atoms with E-state index in [1.807, 2.05) is 24.3 Å². The monoisotopic (exact) mass is 268 g/mol. The number of rotatable bonds is 6. The van der Waals surface area contributed by atoms with Gasteiger partial charge in [-0.2, -0.15) is 0 Å². The first-order valence-electron chi connectivity index (χ1n) is 6.24. The molecule has 2 N–H and O–H groups in total. The molecule has 1 aliphatic rings. The Labute approximate surface area is 109 Å². The van der Waals surface area contributed by atoms with Crippen molar-refractivity contribution in [2.24, 2.45) is 11.7 Å². The fourth-order valence-corrected chi connectivity index (χ4v) is 3.31. The lowest BCUT2D eigenvalue weighted by Gasteiger charge is -2.17. The predicted octanol–water partition coefficient (Wildman–Crippen LogP) is 1.32. The van der Waals surface area contributed by atoms with Gasteiger partial charge in [0.25, 0.3) is 0 Å². The summed E-state index contributed by atoms with van der Waals surface area (Å²) in [6.07, 6.45) is 2.30. The lowest BCUT2D eigenvalue weighted by molar-refractivity contribution is 0.452. The Hall–Kier alpha value is -0.910. The van der Waals surface area contributed by atoms with E-state index in [0.29, 0.717) is 19.0 Å². The molecule has 2 rings (SSSR count). The maximum atomic E-state index is 12.2. The van der Waals surface area contributed by atoms with Gasteiger partial charge in [-0.15, -0.1) is 0 Å². The maximum Gasteiger partial charge on any atom is 0.218 e. The summed E-state index contributed by atoms with van der Waals surface area (Å²) in [6.45, 7) is 1.02. The Morgan fingerprint density at radius 2 is 1.89 bits per heavy atom. The van der Waals surface area contributed by atoms with Crippen LogP contribution in [0.25, 0.3) is 0 Å². The van der Waals surface area contributed by atoms with E-state index >= 15 is 0 Å².